The first-order valence-electron chi connectivity index (χ1n) is 6.65. The average Bonchev–Trinajstić information content (AvgIpc) is 2.37. The minimum Gasteiger partial charge on any atom is -0.478 e. The maximum absolute atomic E-state index is 12.2. The number of hydrogen-bond donors (Lipinski definition) is 2. The van der Waals surface area contributed by atoms with E-state index < -0.39 is 5.97 Å². The number of aromatic carboxylic acids is 1. The number of hydrogen-bond acceptors (Lipinski definition) is 3. The Labute approximate surface area is 117 Å². The van der Waals surface area contributed by atoms with Gasteiger partial charge in [0.1, 0.15) is 0 Å². The molecule has 1 fully saturated rings. The Morgan fingerprint density at radius 1 is 1.35 bits per heavy atom. The molecule has 0 aromatic heterocycles. The molecule has 1 aliphatic rings. The van der Waals surface area contributed by atoms with Crippen LogP contribution in [0.1, 0.15) is 47.4 Å². The van der Waals surface area contributed by atoms with Gasteiger partial charge in [0.15, 0.2) is 0 Å². The molecule has 108 valence electrons. The first-order chi connectivity index (χ1) is 9.37. The van der Waals surface area contributed by atoms with Crippen molar-refractivity contribution in [2.45, 2.75) is 38.3 Å². The van der Waals surface area contributed by atoms with Crippen molar-refractivity contribution in [1.29, 1.82) is 0 Å². The van der Waals surface area contributed by atoms with Gasteiger partial charge in [-0.1, -0.05) is 6.07 Å². The van der Waals surface area contributed by atoms with Crippen LogP contribution in [0, 0.1) is 0 Å². The first kappa shape index (κ1) is 14.5. The summed E-state index contributed by atoms with van der Waals surface area (Å²) in [6.45, 7) is 4.61. The van der Waals surface area contributed by atoms with Crippen molar-refractivity contribution < 1.29 is 19.4 Å². The zero-order chi connectivity index (χ0) is 14.8. The van der Waals surface area contributed by atoms with Gasteiger partial charge in [-0.05, 0) is 44.9 Å². The van der Waals surface area contributed by atoms with Crippen molar-refractivity contribution in [3.63, 3.8) is 0 Å². The van der Waals surface area contributed by atoms with Crippen molar-refractivity contribution in [2.75, 3.05) is 6.61 Å². The molecule has 5 heteroatoms. The van der Waals surface area contributed by atoms with Crippen LogP contribution in [0.4, 0.5) is 0 Å². The summed E-state index contributed by atoms with van der Waals surface area (Å²) in [5.41, 5.74) is 0.248. The van der Waals surface area contributed by atoms with Gasteiger partial charge in [-0.15, -0.1) is 0 Å². The standard InChI is InChI=1S/C15H19NO4/c1-15(2)9-12(6-7-20-15)16-13(17)10-4-3-5-11(8-10)14(18)19/h3-5,8,12H,6-7,9H2,1-2H3,(H,16,17)(H,18,19). The molecule has 1 unspecified atom stereocenters. The van der Waals surface area contributed by atoms with E-state index in [1.807, 2.05) is 13.8 Å². The van der Waals surface area contributed by atoms with Crippen molar-refractivity contribution in [3.05, 3.63) is 35.4 Å². The molecule has 0 bridgehead atoms. The first-order valence-corrected chi connectivity index (χ1v) is 6.65. The average molecular weight is 277 g/mol. The molecule has 5 nitrogen and oxygen atoms in total. The lowest BCUT2D eigenvalue weighted by molar-refractivity contribution is -0.0615. The lowest BCUT2D eigenvalue weighted by Gasteiger charge is -2.35. The van der Waals surface area contributed by atoms with Gasteiger partial charge in [-0.25, -0.2) is 4.79 Å². The van der Waals surface area contributed by atoms with Crippen LogP contribution in [0.3, 0.4) is 0 Å². The van der Waals surface area contributed by atoms with Crippen LogP contribution in [-0.2, 0) is 4.74 Å². The van der Waals surface area contributed by atoms with E-state index >= 15 is 0 Å². The van der Waals surface area contributed by atoms with Crippen LogP contribution >= 0.6 is 0 Å². The van der Waals surface area contributed by atoms with Gasteiger partial charge < -0.3 is 15.2 Å². The third kappa shape index (κ3) is 3.57. The Bertz CT molecular complexity index is 524. The molecule has 0 saturated carbocycles. The van der Waals surface area contributed by atoms with E-state index in [2.05, 4.69) is 5.32 Å². The maximum Gasteiger partial charge on any atom is 0.335 e. The van der Waals surface area contributed by atoms with Crippen LogP contribution in [0.15, 0.2) is 24.3 Å². The van der Waals surface area contributed by atoms with Gasteiger partial charge in [0, 0.05) is 18.2 Å². The number of carboxylic acids is 1. The largest absolute Gasteiger partial charge is 0.478 e. The molecule has 1 amide bonds. The Morgan fingerprint density at radius 2 is 2.05 bits per heavy atom. The van der Waals surface area contributed by atoms with E-state index in [4.69, 9.17) is 9.84 Å². The molecule has 2 rings (SSSR count). The lowest BCUT2D eigenvalue weighted by atomic mass is 9.93. The fraction of sp³-hybridized carbons (Fsp3) is 0.467. The molecule has 1 atom stereocenters. The summed E-state index contributed by atoms with van der Waals surface area (Å²) < 4.78 is 5.60. The molecule has 2 N–H and O–H groups in total. The molecule has 1 saturated heterocycles. The van der Waals surface area contributed by atoms with Crippen molar-refractivity contribution in [3.8, 4) is 0 Å². The number of amides is 1. The summed E-state index contributed by atoms with van der Waals surface area (Å²) in [5.74, 6) is -1.28. The van der Waals surface area contributed by atoms with E-state index in [-0.39, 0.29) is 23.1 Å². The van der Waals surface area contributed by atoms with Gasteiger partial charge in [-0.2, -0.15) is 0 Å². The highest BCUT2D eigenvalue weighted by Crippen LogP contribution is 2.24. The van der Waals surface area contributed by atoms with Crippen LogP contribution in [-0.4, -0.2) is 35.2 Å². The fourth-order valence-electron chi connectivity index (χ4n) is 2.42. The van der Waals surface area contributed by atoms with Crippen LogP contribution < -0.4 is 5.32 Å². The van der Waals surface area contributed by atoms with Crippen molar-refractivity contribution in [2.24, 2.45) is 0 Å². The third-order valence-electron chi connectivity index (χ3n) is 3.40. The summed E-state index contributed by atoms with van der Waals surface area (Å²) >= 11 is 0. The highest BCUT2D eigenvalue weighted by molar-refractivity contribution is 5.97. The second-order valence-electron chi connectivity index (χ2n) is 5.66. The smallest absolute Gasteiger partial charge is 0.335 e. The normalized spacial score (nSPS) is 21.2. The highest BCUT2D eigenvalue weighted by Gasteiger charge is 2.29. The summed E-state index contributed by atoms with van der Waals surface area (Å²) in [4.78, 5) is 23.1. The molecule has 1 aromatic carbocycles. The zero-order valence-corrected chi connectivity index (χ0v) is 11.7. The molecule has 1 aromatic rings. The van der Waals surface area contributed by atoms with Gasteiger partial charge in [0.2, 0.25) is 0 Å². The van der Waals surface area contributed by atoms with Crippen LogP contribution in [0.2, 0.25) is 0 Å². The Balaban J connectivity index is 2.05. The van der Waals surface area contributed by atoms with E-state index in [1.54, 1.807) is 12.1 Å². The summed E-state index contributed by atoms with van der Waals surface area (Å²) in [6, 6.07) is 6.11. The molecule has 0 spiro atoms. The number of ether oxygens (including phenoxy) is 1. The predicted octanol–water partition coefficient (Wildman–Crippen LogP) is 2.07. The number of benzene rings is 1. The Hall–Kier alpha value is -1.88. The number of carboxylic acid groups (broad SMARTS) is 1. The molecule has 20 heavy (non-hydrogen) atoms. The van der Waals surface area contributed by atoms with E-state index in [9.17, 15) is 9.59 Å². The molecular formula is C15H19NO4. The molecular weight excluding hydrogens is 258 g/mol. The molecule has 1 aliphatic heterocycles. The summed E-state index contributed by atoms with van der Waals surface area (Å²) in [6.07, 6.45) is 1.52. The predicted molar refractivity (Wildman–Crippen MR) is 73.9 cm³/mol. The number of carbonyl (C=O) groups excluding carboxylic acids is 1. The van der Waals surface area contributed by atoms with Crippen molar-refractivity contribution >= 4 is 11.9 Å². The van der Waals surface area contributed by atoms with Crippen LogP contribution in [0.5, 0.6) is 0 Å². The van der Waals surface area contributed by atoms with Crippen LogP contribution in [0.25, 0.3) is 0 Å². The zero-order valence-electron chi connectivity index (χ0n) is 11.7. The summed E-state index contributed by atoms with van der Waals surface area (Å²) in [5, 5.41) is 11.9. The Morgan fingerprint density at radius 3 is 2.70 bits per heavy atom. The molecule has 0 radical (unpaired) electrons. The maximum atomic E-state index is 12.2. The van der Waals surface area contributed by atoms with E-state index in [0.717, 1.165) is 12.8 Å². The number of nitrogens with one attached hydrogen (secondary N) is 1. The van der Waals surface area contributed by atoms with Crippen molar-refractivity contribution in [1.82, 2.24) is 5.32 Å². The second kappa shape index (κ2) is 5.63. The minimum atomic E-state index is -1.04. The second-order valence-corrected chi connectivity index (χ2v) is 5.66. The molecule has 0 aliphatic carbocycles. The number of rotatable bonds is 3. The third-order valence-corrected chi connectivity index (χ3v) is 3.40. The minimum absolute atomic E-state index is 0.0553. The van der Waals surface area contributed by atoms with Gasteiger partial charge in [0.05, 0.1) is 11.2 Å². The SMILES string of the molecule is CC1(C)CC(NC(=O)c2cccc(C(=O)O)c2)CCO1. The lowest BCUT2D eigenvalue weighted by Crippen LogP contribution is -2.45. The Kier molecular flexibility index (Phi) is 4.09. The quantitative estimate of drug-likeness (QED) is 0.887. The summed E-state index contributed by atoms with van der Waals surface area (Å²) in [7, 11) is 0. The highest BCUT2D eigenvalue weighted by atomic mass is 16.5. The van der Waals surface area contributed by atoms with E-state index in [0.29, 0.717) is 12.2 Å². The van der Waals surface area contributed by atoms with E-state index in [1.165, 1.54) is 12.1 Å². The van der Waals surface area contributed by atoms with Gasteiger partial charge in [-0.3, -0.25) is 4.79 Å². The van der Waals surface area contributed by atoms with Gasteiger partial charge in [0.25, 0.3) is 5.91 Å². The number of carbonyl (C=O) groups is 2. The topological polar surface area (TPSA) is 75.6 Å². The fourth-order valence-corrected chi connectivity index (χ4v) is 2.42. The molecule has 1 heterocycles. The monoisotopic (exact) mass is 277 g/mol. The van der Waals surface area contributed by atoms with Gasteiger partial charge >= 0.3 is 5.97 Å².